The van der Waals surface area contributed by atoms with Gasteiger partial charge >= 0.3 is 0 Å². The van der Waals surface area contributed by atoms with Crippen molar-refractivity contribution in [3.05, 3.63) is 17.3 Å². The van der Waals surface area contributed by atoms with Crippen molar-refractivity contribution in [3.63, 3.8) is 0 Å². The Hall–Kier alpha value is -1.38. The third kappa shape index (κ3) is 4.11. The van der Waals surface area contributed by atoms with Crippen LogP contribution in [-0.4, -0.2) is 17.4 Å². The lowest BCUT2D eigenvalue weighted by Crippen LogP contribution is -1.87. The molecule has 0 aliphatic carbocycles. The zero-order chi connectivity index (χ0) is 11.8. The second-order valence-corrected chi connectivity index (χ2v) is 3.40. The Morgan fingerprint density at radius 3 is 2.47 bits per heavy atom. The summed E-state index contributed by atoms with van der Waals surface area (Å²) in [4.78, 5) is 7.30. The van der Waals surface area contributed by atoms with E-state index in [1.54, 1.807) is 0 Å². The summed E-state index contributed by atoms with van der Waals surface area (Å²) in [6.45, 7) is 10.1. The molecule has 0 fully saturated rings. The molecular formula is C12H21N3. The van der Waals surface area contributed by atoms with Crippen molar-refractivity contribution in [1.29, 1.82) is 5.41 Å². The van der Waals surface area contributed by atoms with E-state index in [1.165, 1.54) is 6.21 Å². The first-order valence-electron chi connectivity index (χ1n) is 5.37. The summed E-state index contributed by atoms with van der Waals surface area (Å²) >= 11 is 0. The average molecular weight is 207 g/mol. The van der Waals surface area contributed by atoms with Gasteiger partial charge in [0, 0.05) is 24.2 Å². The van der Waals surface area contributed by atoms with Crippen LogP contribution in [0.25, 0.3) is 0 Å². The van der Waals surface area contributed by atoms with Gasteiger partial charge in [-0.25, -0.2) is 4.99 Å². The van der Waals surface area contributed by atoms with Gasteiger partial charge in [0.1, 0.15) is 5.82 Å². The van der Waals surface area contributed by atoms with Gasteiger partial charge in [0.25, 0.3) is 0 Å². The number of hydrogen-bond acceptors (Lipinski definition) is 2. The van der Waals surface area contributed by atoms with Crippen molar-refractivity contribution in [1.82, 2.24) is 4.98 Å². The summed E-state index contributed by atoms with van der Waals surface area (Å²) in [7, 11) is 0. The van der Waals surface area contributed by atoms with Gasteiger partial charge in [-0.1, -0.05) is 27.7 Å². The van der Waals surface area contributed by atoms with Gasteiger partial charge in [0.05, 0.1) is 0 Å². The predicted molar refractivity (Wildman–Crippen MR) is 67.8 cm³/mol. The summed E-state index contributed by atoms with van der Waals surface area (Å²) in [5, 5.41) is 7.21. The highest BCUT2D eigenvalue weighted by molar-refractivity contribution is 5.86. The SMILES string of the molecule is CC.Cc1c[nH]c(/N=C\C(C)C)c1C=N. The number of nitrogens with one attached hydrogen (secondary N) is 2. The summed E-state index contributed by atoms with van der Waals surface area (Å²) < 4.78 is 0. The van der Waals surface area contributed by atoms with Crippen LogP contribution in [0.2, 0.25) is 0 Å². The first kappa shape index (κ1) is 13.6. The maximum Gasteiger partial charge on any atom is 0.138 e. The zero-order valence-corrected chi connectivity index (χ0v) is 10.3. The molecule has 1 rings (SSSR count). The molecule has 0 aliphatic heterocycles. The van der Waals surface area contributed by atoms with E-state index in [0.717, 1.165) is 16.9 Å². The highest BCUT2D eigenvalue weighted by Gasteiger charge is 2.02. The van der Waals surface area contributed by atoms with E-state index >= 15 is 0 Å². The molecule has 0 atom stereocenters. The van der Waals surface area contributed by atoms with E-state index in [1.807, 2.05) is 33.2 Å². The molecule has 1 aromatic heterocycles. The van der Waals surface area contributed by atoms with Crippen LogP contribution in [0.3, 0.4) is 0 Å². The van der Waals surface area contributed by atoms with Crippen LogP contribution in [0.1, 0.15) is 38.8 Å². The van der Waals surface area contributed by atoms with Crippen molar-refractivity contribution in [2.75, 3.05) is 0 Å². The minimum absolute atomic E-state index is 0.433. The van der Waals surface area contributed by atoms with Crippen molar-refractivity contribution in [2.24, 2.45) is 10.9 Å². The highest BCUT2D eigenvalue weighted by atomic mass is 14.9. The molecule has 0 aliphatic rings. The molecule has 0 radical (unpaired) electrons. The first-order chi connectivity index (χ1) is 7.15. The summed E-state index contributed by atoms with van der Waals surface area (Å²) in [5.74, 6) is 1.21. The maximum atomic E-state index is 7.21. The molecule has 3 heteroatoms. The molecule has 0 saturated carbocycles. The van der Waals surface area contributed by atoms with E-state index < -0.39 is 0 Å². The van der Waals surface area contributed by atoms with Gasteiger partial charge in [-0.05, 0) is 18.4 Å². The molecule has 0 unspecified atom stereocenters. The minimum atomic E-state index is 0.433. The number of aliphatic imine (C=N–C) groups is 1. The summed E-state index contributed by atoms with van der Waals surface area (Å²) in [6.07, 6.45) is 5.07. The molecular weight excluding hydrogens is 186 g/mol. The molecule has 0 aromatic carbocycles. The molecule has 1 heterocycles. The first-order valence-corrected chi connectivity index (χ1v) is 5.37. The zero-order valence-electron chi connectivity index (χ0n) is 10.3. The lowest BCUT2D eigenvalue weighted by atomic mass is 10.2. The van der Waals surface area contributed by atoms with Gasteiger partial charge in [0.2, 0.25) is 0 Å². The van der Waals surface area contributed by atoms with E-state index in [2.05, 4.69) is 23.8 Å². The van der Waals surface area contributed by atoms with Crippen LogP contribution in [0, 0.1) is 18.3 Å². The maximum absolute atomic E-state index is 7.21. The number of aryl methyl sites for hydroxylation is 1. The molecule has 0 saturated heterocycles. The Morgan fingerprint density at radius 2 is 2.00 bits per heavy atom. The Labute approximate surface area is 92.1 Å². The van der Waals surface area contributed by atoms with E-state index in [4.69, 9.17) is 5.41 Å². The average Bonchev–Trinajstić information content (AvgIpc) is 2.59. The monoisotopic (exact) mass is 207 g/mol. The van der Waals surface area contributed by atoms with Gasteiger partial charge in [-0.3, -0.25) is 0 Å². The topological polar surface area (TPSA) is 52.0 Å². The number of hydrogen-bond donors (Lipinski definition) is 2. The molecule has 0 bridgehead atoms. The van der Waals surface area contributed by atoms with Crippen LogP contribution < -0.4 is 0 Å². The van der Waals surface area contributed by atoms with E-state index in [-0.39, 0.29) is 0 Å². The van der Waals surface area contributed by atoms with Crippen molar-refractivity contribution < 1.29 is 0 Å². The Kier molecular flexibility index (Phi) is 6.34. The lowest BCUT2D eigenvalue weighted by Gasteiger charge is -1.94. The van der Waals surface area contributed by atoms with Crippen LogP contribution in [0.4, 0.5) is 5.82 Å². The molecule has 0 spiro atoms. The molecule has 1 aromatic rings. The smallest absolute Gasteiger partial charge is 0.138 e. The van der Waals surface area contributed by atoms with Crippen LogP contribution in [0.5, 0.6) is 0 Å². The fourth-order valence-electron chi connectivity index (χ4n) is 1.03. The minimum Gasteiger partial charge on any atom is -0.346 e. The molecule has 84 valence electrons. The summed E-state index contributed by atoms with van der Waals surface area (Å²) in [5.41, 5.74) is 1.93. The molecule has 2 N–H and O–H groups in total. The predicted octanol–water partition coefficient (Wildman–Crippen LogP) is 3.71. The highest BCUT2D eigenvalue weighted by Crippen LogP contribution is 2.18. The lowest BCUT2D eigenvalue weighted by molar-refractivity contribution is 0.906. The van der Waals surface area contributed by atoms with Crippen LogP contribution >= 0.6 is 0 Å². The fourth-order valence-corrected chi connectivity index (χ4v) is 1.03. The van der Waals surface area contributed by atoms with Crippen molar-refractivity contribution >= 4 is 18.2 Å². The Balaban J connectivity index is 0.000000921. The fraction of sp³-hybridized carbons (Fsp3) is 0.500. The van der Waals surface area contributed by atoms with E-state index in [9.17, 15) is 0 Å². The third-order valence-electron chi connectivity index (χ3n) is 1.75. The molecule has 0 amide bonds. The van der Waals surface area contributed by atoms with Crippen LogP contribution in [-0.2, 0) is 0 Å². The van der Waals surface area contributed by atoms with Crippen LogP contribution in [0.15, 0.2) is 11.2 Å². The number of rotatable bonds is 3. The number of aromatic amines is 1. The number of H-pyrrole nitrogens is 1. The summed E-state index contributed by atoms with van der Waals surface area (Å²) in [6, 6.07) is 0. The normalized spacial score (nSPS) is 10.3. The molecule has 3 nitrogen and oxygen atoms in total. The molecule has 15 heavy (non-hydrogen) atoms. The standard InChI is InChI=1S/C10H15N3.C2H6/c1-7(2)5-12-10-9(4-11)8(3)6-13-10;1-2/h4-7,11,13H,1-3H3;1-2H3/b11-4?,12-5-;. The third-order valence-corrected chi connectivity index (χ3v) is 1.75. The number of nitrogens with zero attached hydrogens (tertiary/aromatic N) is 1. The van der Waals surface area contributed by atoms with Gasteiger partial charge in [0.15, 0.2) is 0 Å². The van der Waals surface area contributed by atoms with Gasteiger partial charge in [-0.15, -0.1) is 0 Å². The second kappa shape index (κ2) is 6.98. The van der Waals surface area contributed by atoms with Crippen molar-refractivity contribution in [3.8, 4) is 0 Å². The Bertz CT molecular complexity index is 322. The Morgan fingerprint density at radius 1 is 1.40 bits per heavy atom. The number of aromatic nitrogens is 1. The van der Waals surface area contributed by atoms with Crippen molar-refractivity contribution in [2.45, 2.75) is 34.6 Å². The van der Waals surface area contributed by atoms with Gasteiger partial charge < -0.3 is 10.4 Å². The largest absolute Gasteiger partial charge is 0.346 e. The quantitative estimate of drug-likeness (QED) is 0.710. The van der Waals surface area contributed by atoms with E-state index in [0.29, 0.717) is 5.92 Å². The van der Waals surface area contributed by atoms with Gasteiger partial charge in [-0.2, -0.15) is 0 Å². The second-order valence-electron chi connectivity index (χ2n) is 3.40.